The molecule has 78 valence electrons. The van der Waals surface area contributed by atoms with E-state index in [0.717, 1.165) is 11.3 Å². The molecule has 0 saturated carbocycles. The Bertz CT molecular complexity index is 351. The van der Waals surface area contributed by atoms with Crippen LogP contribution in [0.15, 0.2) is 6.07 Å². The highest BCUT2D eigenvalue weighted by Gasteiger charge is 2.18. The van der Waals surface area contributed by atoms with E-state index < -0.39 is 5.97 Å². The largest absolute Gasteiger partial charge is 0.485 e. The number of carbonyl (C=O) groups is 1. The normalized spacial score (nSPS) is 11.4. The Morgan fingerprint density at radius 2 is 2.14 bits per heavy atom. The molecule has 1 aromatic rings. The van der Waals surface area contributed by atoms with E-state index in [4.69, 9.17) is 15.6 Å². The Balaban J connectivity index is 2.94. The van der Waals surface area contributed by atoms with Gasteiger partial charge < -0.3 is 15.6 Å². The fourth-order valence-corrected chi connectivity index (χ4v) is 1.59. The van der Waals surface area contributed by atoms with Crippen LogP contribution in [0.5, 0.6) is 5.75 Å². The first-order valence-electron chi connectivity index (χ1n) is 4.11. The van der Waals surface area contributed by atoms with Gasteiger partial charge >= 0.3 is 5.97 Å². The van der Waals surface area contributed by atoms with Crippen LogP contribution in [-0.4, -0.2) is 16.7 Å². The summed E-state index contributed by atoms with van der Waals surface area (Å²) in [5, 5.41) is 9.12. The molecule has 14 heavy (non-hydrogen) atoms. The third-order valence-corrected chi connectivity index (χ3v) is 2.29. The highest BCUT2D eigenvalue weighted by Crippen LogP contribution is 2.34. The van der Waals surface area contributed by atoms with E-state index in [9.17, 15) is 4.79 Å². The van der Waals surface area contributed by atoms with Gasteiger partial charge in [0.15, 0.2) is 5.75 Å². The first-order chi connectivity index (χ1) is 6.29. The quantitative estimate of drug-likeness (QED) is 0.793. The predicted molar refractivity (Wildman–Crippen MR) is 56.1 cm³/mol. The van der Waals surface area contributed by atoms with Crippen LogP contribution >= 0.6 is 11.3 Å². The van der Waals surface area contributed by atoms with Crippen LogP contribution in [0, 0.1) is 0 Å². The second kappa shape index (κ2) is 3.49. The predicted octanol–water partition coefficient (Wildman–Crippen LogP) is 2.21. The van der Waals surface area contributed by atoms with E-state index in [1.54, 1.807) is 0 Å². The van der Waals surface area contributed by atoms with Crippen molar-refractivity contribution < 1.29 is 14.6 Å². The van der Waals surface area contributed by atoms with Crippen molar-refractivity contribution in [2.45, 2.75) is 26.4 Å². The molecule has 0 aliphatic rings. The highest BCUT2D eigenvalue weighted by molar-refractivity contribution is 7.18. The molecule has 0 aromatic carbocycles. The van der Waals surface area contributed by atoms with Crippen molar-refractivity contribution in [2.75, 3.05) is 5.73 Å². The molecule has 0 aliphatic carbocycles. The van der Waals surface area contributed by atoms with Gasteiger partial charge in [0.2, 0.25) is 0 Å². The number of carboxylic acid groups (broad SMARTS) is 1. The van der Waals surface area contributed by atoms with Gasteiger partial charge in [0.05, 0.1) is 0 Å². The molecule has 1 rings (SSSR count). The van der Waals surface area contributed by atoms with Crippen molar-refractivity contribution in [1.29, 1.82) is 0 Å². The number of nitrogens with two attached hydrogens (primary N) is 1. The van der Waals surface area contributed by atoms with E-state index in [1.807, 2.05) is 20.8 Å². The van der Waals surface area contributed by atoms with Crippen molar-refractivity contribution in [2.24, 2.45) is 0 Å². The number of thiophene rings is 1. The molecule has 0 spiro atoms. The third-order valence-electron chi connectivity index (χ3n) is 1.35. The van der Waals surface area contributed by atoms with Crippen LogP contribution in [0.1, 0.15) is 30.4 Å². The molecule has 1 aromatic heterocycles. The summed E-state index contributed by atoms with van der Waals surface area (Å²) in [5.74, 6) is -0.537. The molecule has 0 radical (unpaired) electrons. The van der Waals surface area contributed by atoms with Crippen molar-refractivity contribution in [3.8, 4) is 5.75 Å². The van der Waals surface area contributed by atoms with Crippen LogP contribution in [0.2, 0.25) is 0 Å². The van der Waals surface area contributed by atoms with E-state index in [0.29, 0.717) is 10.8 Å². The Labute approximate surface area is 86.3 Å². The molecule has 0 saturated heterocycles. The number of hydrogen-bond acceptors (Lipinski definition) is 4. The molecular formula is C9H13NO3S. The first kappa shape index (κ1) is 10.8. The van der Waals surface area contributed by atoms with Crippen molar-refractivity contribution in [1.82, 2.24) is 0 Å². The second-order valence-corrected chi connectivity index (χ2v) is 4.94. The van der Waals surface area contributed by atoms with Gasteiger partial charge in [0, 0.05) is 6.07 Å². The average Bonchev–Trinajstić information content (AvgIpc) is 2.29. The van der Waals surface area contributed by atoms with Gasteiger partial charge in [-0.05, 0) is 20.8 Å². The van der Waals surface area contributed by atoms with Crippen LogP contribution in [0.25, 0.3) is 0 Å². The van der Waals surface area contributed by atoms with E-state index in [-0.39, 0.29) is 10.5 Å². The van der Waals surface area contributed by atoms with Crippen LogP contribution < -0.4 is 10.5 Å². The molecule has 0 bridgehead atoms. The number of rotatable bonds is 2. The smallest absolute Gasteiger partial charge is 0.346 e. The molecule has 5 heteroatoms. The van der Waals surface area contributed by atoms with Gasteiger partial charge in [0.25, 0.3) is 0 Å². The molecule has 0 unspecified atom stereocenters. The zero-order valence-corrected chi connectivity index (χ0v) is 9.14. The topological polar surface area (TPSA) is 72.5 Å². The first-order valence-corrected chi connectivity index (χ1v) is 4.93. The Hall–Kier alpha value is -1.23. The number of nitrogen functional groups attached to an aromatic ring is 1. The molecule has 4 nitrogen and oxygen atoms in total. The van der Waals surface area contributed by atoms with E-state index >= 15 is 0 Å². The summed E-state index contributed by atoms with van der Waals surface area (Å²) >= 11 is 1.02. The van der Waals surface area contributed by atoms with Crippen molar-refractivity contribution in [3.63, 3.8) is 0 Å². The fourth-order valence-electron chi connectivity index (χ4n) is 0.903. The van der Waals surface area contributed by atoms with Crippen molar-refractivity contribution in [3.05, 3.63) is 10.9 Å². The number of carboxylic acids is 1. The Morgan fingerprint density at radius 3 is 2.50 bits per heavy atom. The standard InChI is InChI=1S/C9H13NO3S/c1-9(2,3)13-5-4-6(8(11)12)14-7(5)10/h4H,10H2,1-3H3,(H,11,12). The lowest BCUT2D eigenvalue weighted by Gasteiger charge is -2.20. The molecule has 3 N–H and O–H groups in total. The summed E-state index contributed by atoms with van der Waals surface area (Å²) < 4.78 is 5.49. The molecule has 0 fully saturated rings. The van der Waals surface area contributed by atoms with E-state index in [1.165, 1.54) is 6.07 Å². The minimum Gasteiger partial charge on any atom is -0.485 e. The Kier molecular flexibility index (Phi) is 2.71. The fraction of sp³-hybridized carbons (Fsp3) is 0.444. The monoisotopic (exact) mass is 215 g/mol. The van der Waals surface area contributed by atoms with Gasteiger partial charge in [-0.2, -0.15) is 0 Å². The Morgan fingerprint density at radius 1 is 1.57 bits per heavy atom. The van der Waals surface area contributed by atoms with Gasteiger partial charge in [-0.15, -0.1) is 11.3 Å². The van der Waals surface area contributed by atoms with E-state index in [2.05, 4.69) is 0 Å². The molecule has 1 heterocycles. The zero-order chi connectivity index (χ0) is 10.9. The number of hydrogen-bond donors (Lipinski definition) is 2. The SMILES string of the molecule is CC(C)(C)Oc1cc(C(=O)O)sc1N. The number of ether oxygens (including phenoxy) is 1. The molecule has 0 atom stereocenters. The van der Waals surface area contributed by atoms with Crippen LogP contribution in [0.3, 0.4) is 0 Å². The minimum atomic E-state index is -0.981. The summed E-state index contributed by atoms with van der Waals surface area (Å²) in [7, 11) is 0. The third kappa shape index (κ3) is 2.63. The summed E-state index contributed by atoms with van der Waals surface area (Å²) in [6, 6.07) is 1.45. The maximum atomic E-state index is 10.6. The maximum Gasteiger partial charge on any atom is 0.346 e. The average molecular weight is 215 g/mol. The highest BCUT2D eigenvalue weighted by atomic mass is 32.1. The second-order valence-electron chi connectivity index (χ2n) is 3.86. The van der Waals surface area contributed by atoms with Crippen LogP contribution in [-0.2, 0) is 0 Å². The van der Waals surface area contributed by atoms with Crippen molar-refractivity contribution >= 4 is 22.3 Å². The minimum absolute atomic E-state index is 0.196. The molecular weight excluding hydrogens is 202 g/mol. The zero-order valence-electron chi connectivity index (χ0n) is 8.33. The molecule has 0 aliphatic heterocycles. The van der Waals surface area contributed by atoms with Gasteiger partial charge in [-0.1, -0.05) is 0 Å². The summed E-state index contributed by atoms with van der Waals surface area (Å²) in [4.78, 5) is 10.8. The lowest BCUT2D eigenvalue weighted by molar-refractivity contribution is 0.0700. The van der Waals surface area contributed by atoms with Gasteiger partial charge in [-0.25, -0.2) is 4.79 Å². The van der Waals surface area contributed by atoms with Gasteiger partial charge in [-0.3, -0.25) is 0 Å². The molecule has 0 amide bonds. The number of aromatic carboxylic acids is 1. The summed E-state index contributed by atoms with van der Waals surface area (Å²) in [6.45, 7) is 5.64. The number of anilines is 1. The van der Waals surface area contributed by atoms with Gasteiger partial charge in [0.1, 0.15) is 15.5 Å². The lowest BCUT2D eigenvalue weighted by atomic mass is 10.2. The summed E-state index contributed by atoms with van der Waals surface area (Å²) in [6.07, 6.45) is 0. The lowest BCUT2D eigenvalue weighted by Crippen LogP contribution is -2.23. The maximum absolute atomic E-state index is 10.6. The van der Waals surface area contributed by atoms with Crippen LogP contribution in [0.4, 0.5) is 5.00 Å². The summed E-state index contributed by atoms with van der Waals surface area (Å²) in [5.41, 5.74) is 5.25.